The van der Waals surface area contributed by atoms with Crippen LogP contribution in [0.1, 0.15) is 5.56 Å². The molecule has 4 nitrogen and oxygen atoms in total. The van der Waals surface area contributed by atoms with Gasteiger partial charge in [-0.05, 0) is 18.2 Å². The average Bonchev–Trinajstić information content (AvgIpc) is 2.10. The van der Waals surface area contributed by atoms with Crippen molar-refractivity contribution >= 4 is 39.7 Å². The van der Waals surface area contributed by atoms with Gasteiger partial charge in [-0.3, -0.25) is 0 Å². The zero-order valence-corrected chi connectivity index (χ0v) is 9.46. The maximum atomic E-state index is 5.89. The van der Waals surface area contributed by atoms with Gasteiger partial charge in [-0.1, -0.05) is 27.5 Å². The van der Waals surface area contributed by atoms with E-state index in [4.69, 9.17) is 23.1 Å². The molecule has 6 heteroatoms. The highest BCUT2D eigenvalue weighted by molar-refractivity contribution is 9.10. The lowest BCUT2D eigenvalue weighted by molar-refractivity contribution is 1.21. The van der Waals surface area contributed by atoms with E-state index in [0.717, 1.165) is 10.0 Å². The Balaban J connectivity index is 2.91. The van der Waals surface area contributed by atoms with E-state index in [0.29, 0.717) is 5.02 Å². The van der Waals surface area contributed by atoms with E-state index < -0.39 is 0 Å². The van der Waals surface area contributed by atoms with Crippen LogP contribution in [0.4, 0.5) is 0 Å². The zero-order valence-electron chi connectivity index (χ0n) is 7.11. The van der Waals surface area contributed by atoms with Crippen molar-refractivity contribution in [1.82, 2.24) is 0 Å². The standard InChI is InChI=1S/C8H8BrClN4/c9-6-1-2-7(10)5(3-6)4-13-14-8(11)12/h1-4H,(H4,11,12,14)/b13-4+. The van der Waals surface area contributed by atoms with Crippen LogP contribution < -0.4 is 11.5 Å². The van der Waals surface area contributed by atoms with Crippen LogP contribution >= 0.6 is 27.5 Å². The number of nitrogens with two attached hydrogens (primary N) is 2. The fourth-order valence-electron chi connectivity index (χ4n) is 0.771. The minimum absolute atomic E-state index is 0.0904. The molecule has 1 rings (SSSR count). The van der Waals surface area contributed by atoms with Crippen LogP contribution in [-0.4, -0.2) is 12.2 Å². The quantitative estimate of drug-likeness (QED) is 0.490. The first-order valence-corrected chi connectivity index (χ1v) is 4.83. The first kappa shape index (κ1) is 11.0. The topological polar surface area (TPSA) is 76.8 Å². The summed E-state index contributed by atoms with van der Waals surface area (Å²) in [5.74, 6) is -0.0904. The molecule has 0 amide bonds. The second-order valence-corrected chi connectivity index (χ2v) is 3.76. The Morgan fingerprint density at radius 2 is 2.14 bits per heavy atom. The van der Waals surface area contributed by atoms with Gasteiger partial charge in [0.1, 0.15) is 0 Å². The molecule has 0 saturated heterocycles. The van der Waals surface area contributed by atoms with E-state index >= 15 is 0 Å². The van der Waals surface area contributed by atoms with Crippen LogP contribution in [0.25, 0.3) is 0 Å². The van der Waals surface area contributed by atoms with Crippen molar-refractivity contribution < 1.29 is 0 Å². The maximum Gasteiger partial charge on any atom is 0.211 e. The summed E-state index contributed by atoms with van der Waals surface area (Å²) >= 11 is 9.20. The predicted molar refractivity (Wildman–Crippen MR) is 62.6 cm³/mol. The summed E-state index contributed by atoms with van der Waals surface area (Å²) in [6.45, 7) is 0. The van der Waals surface area contributed by atoms with Crippen molar-refractivity contribution in [2.45, 2.75) is 0 Å². The Hall–Kier alpha value is -1.07. The van der Waals surface area contributed by atoms with Crippen molar-refractivity contribution in [1.29, 1.82) is 0 Å². The Labute approximate surface area is 94.8 Å². The fraction of sp³-hybridized carbons (Fsp3) is 0. The summed E-state index contributed by atoms with van der Waals surface area (Å²) < 4.78 is 0.910. The van der Waals surface area contributed by atoms with Gasteiger partial charge in [0, 0.05) is 15.1 Å². The Kier molecular flexibility index (Phi) is 3.91. The van der Waals surface area contributed by atoms with Gasteiger partial charge in [0.25, 0.3) is 0 Å². The summed E-state index contributed by atoms with van der Waals surface area (Å²) in [6.07, 6.45) is 1.48. The maximum absolute atomic E-state index is 5.89. The van der Waals surface area contributed by atoms with Crippen molar-refractivity contribution in [3.63, 3.8) is 0 Å². The number of hydrogen-bond acceptors (Lipinski definition) is 2. The minimum atomic E-state index is -0.0904. The Morgan fingerprint density at radius 3 is 2.79 bits per heavy atom. The third-order valence-electron chi connectivity index (χ3n) is 1.33. The van der Waals surface area contributed by atoms with E-state index in [-0.39, 0.29) is 5.96 Å². The van der Waals surface area contributed by atoms with Gasteiger partial charge in [0.15, 0.2) is 0 Å². The van der Waals surface area contributed by atoms with Crippen molar-refractivity contribution in [3.8, 4) is 0 Å². The molecule has 74 valence electrons. The number of rotatable bonds is 2. The normalized spacial score (nSPS) is 10.4. The van der Waals surface area contributed by atoms with Crippen LogP contribution in [0.3, 0.4) is 0 Å². The molecular formula is C8H8BrClN4. The van der Waals surface area contributed by atoms with E-state index in [1.807, 2.05) is 12.1 Å². The van der Waals surface area contributed by atoms with Crippen molar-refractivity contribution in [3.05, 3.63) is 33.3 Å². The average molecular weight is 276 g/mol. The lowest BCUT2D eigenvalue weighted by atomic mass is 10.2. The molecule has 4 N–H and O–H groups in total. The summed E-state index contributed by atoms with van der Waals surface area (Å²) in [7, 11) is 0. The lowest BCUT2D eigenvalue weighted by Gasteiger charge is -1.96. The molecule has 14 heavy (non-hydrogen) atoms. The number of guanidine groups is 1. The monoisotopic (exact) mass is 274 g/mol. The molecule has 0 atom stereocenters. The molecule has 0 aliphatic rings. The SMILES string of the molecule is NC(N)=N/N=C/c1cc(Br)ccc1Cl. The second kappa shape index (κ2) is 4.97. The fourth-order valence-corrected chi connectivity index (χ4v) is 1.32. The molecule has 1 aromatic carbocycles. The molecule has 0 radical (unpaired) electrons. The van der Waals surface area contributed by atoms with Crippen molar-refractivity contribution in [2.24, 2.45) is 21.7 Å². The zero-order chi connectivity index (χ0) is 10.6. The highest BCUT2D eigenvalue weighted by Gasteiger charge is 1.97. The van der Waals surface area contributed by atoms with E-state index in [1.165, 1.54) is 6.21 Å². The second-order valence-electron chi connectivity index (χ2n) is 2.44. The highest BCUT2D eigenvalue weighted by atomic mass is 79.9. The molecule has 0 unspecified atom stereocenters. The van der Waals surface area contributed by atoms with Crippen LogP contribution in [0, 0.1) is 0 Å². The summed E-state index contributed by atoms with van der Waals surface area (Å²) in [4.78, 5) is 0. The first-order chi connectivity index (χ1) is 6.59. The van der Waals surface area contributed by atoms with E-state index in [2.05, 4.69) is 26.1 Å². The van der Waals surface area contributed by atoms with Crippen molar-refractivity contribution in [2.75, 3.05) is 0 Å². The molecule has 0 fully saturated rings. The molecule has 1 aromatic rings. The molecule has 0 saturated carbocycles. The van der Waals surface area contributed by atoms with Gasteiger partial charge in [0.2, 0.25) is 5.96 Å². The molecule has 0 aliphatic heterocycles. The van der Waals surface area contributed by atoms with Gasteiger partial charge >= 0.3 is 0 Å². The van der Waals surface area contributed by atoms with Gasteiger partial charge < -0.3 is 11.5 Å². The molecule has 0 aliphatic carbocycles. The number of benzene rings is 1. The molecule has 0 heterocycles. The summed E-state index contributed by atoms with van der Waals surface area (Å²) in [5, 5.41) is 7.69. The summed E-state index contributed by atoms with van der Waals surface area (Å²) in [6, 6.07) is 5.40. The van der Waals surface area contributed by atoms with Crippen LogP contribution in [-0.2, 0) is 0 Å². The molecule has 0 spiro atoms. The largest absolute Gasteiger partial charge is 0.369 e. The van der Waals surface area contributed by atoms with Crippen LogP contribution in [0.15, 0.2) is 32.9 Å². The number of hydrogen-bond donors (Lipinski definition) is 2. The highest BCUT2D eigenvalue weighted by Crippen LogP contribution is 2.19. The van der Waals surface area contributed by atoms with E-state index in [1.54, 1.807) is 6.07 Å². The Morgan fingerprint density at radius 1 is 1.43 bits per heavy atom. The third-order valence-corrected chi connectivity index (χ3v) is 2.17. The third kappa shape index (κ3) is 3.35. The Bertz CT molecular complexity index is 385. The first-order valence-electron chi connectivity index (χ1n) is 3.66. The van der Waals surface area contributed by atoms with Gasteiger partial charge in [-0.25, -0.2) is 0 Å². The molecule has 0 bridgehead atoms. The number of halogens is 2. The van der Waals surface area contributed by atoms with Crippen LogP contribution in [0.2, 0.25) is 5.02 Å². The van der Waals surface area contributed by atoms with Gasteiger partial charge in [-0.15, -0.1) is 5.10 Å². The lowest BCUT2D eigenvalue weighted by Crippen LogP contribution is -2.21. The van der Waals surface area contributed by atoms with Gasteiger partial charge in [-0.2, -0.15) is 5.10 Å². The molecular weight excluding hydrogens is 267 g/mol. The molecule has 0 aromatic heterocycles. The smallest absolute Gasteiger partial charge is 0.211 e. The van der Waals surface area contributed by atoms with Gasteiger partial charge in [0.05, 0.1) is 6.21 Å². The number of nitrogens with zero attached hydrogens (tertiary/aromatic N) is 2. The minimum Gasteiger partial charge on any atom is -0.369 e. The predicted octanol–water partition coefficient (Wildman–Crippen LogP) is 1.71. The summed E-state index contributed by atoms with van der Waals surface area (Å²) in [5.41, 5.74) is 10.9. The van der Waals surface area contributed by atoms with Crippen LogP contribution in [0.5, 0.6) is 0 Å². The van der Waals surface area contributed by atoms with E-state index in [9.17, 15) is 0 Å².